The Morgan fingerprint density at radius 3 is 2.68 bits per heavy atom. The normalized spacial score (nSPS) is 20.6. The van der Waals surface area contributed by atoms with Crippen molar-refractivity contribution < 1.29 is 24.2 Å². The number of benzene rings is 1. The standard InChI is InChI=1S/C13H14FNO4/c14-10-4-2-1-3-8(10)5-11(13(18)19)15-7-9(16)6-12(15)17/h1-4,9,11,16H,5-7H2,(H,18,19)/t9?,11-/m1/s1. The molecule has 19 heavy (non-hydrogen) atoms. The van der Waals surface area contributed by atoms with Crippen LogP contribution >= 0.6 is 0 Å². The molecule has 1 aromatic carbocycles. The Morgan fingerprint density at radius 1 is 1.47 bits per heavy atom. The summed E-state index contributed by atoms with van der Waals surface area (Å²) in [5.74, 6) is -2.12. The van der Waals surface area contributed by atoms with E-state index in [1.165, 1.54) is 18.2 Å². The zero-order valence-corrected chi connectivity index (χ0v) is 10.1. The van der Waals surface area contributed by atoms with Crippen LogP contribution in [0.5, 0.6) is 0 Å². The monoisotopic (exact) mass is 267 g/mol. The fourth-order valence-electron chi connectivity index (χ4n) is 2.22. The molecular weight excluding hydrogens is 253 g/mol. The largest absolute Gasteiger partial charge is 0.480 e. The molecular formula is C13H14FNO4. The summed E-state index contributed by atoms with van der Waals surface area (Å²) in [7, 11) is 0. The van der Waals surface area contributed by atoms with Crippen LogP contribution in [0.4, 0.5) is 4.39 Å². The van der Waals surface area contributed by atoms with E-state index in [9.17, 15) is 24.2 Å². The van der Waals surface area contributed by atoms with E-state index < -0.39 is 29.8 Å². The van der Waals surface area contributed by atoms with Gasteiger partial charge in [-0.05, 0) is 11.6 Å². The summed E-state index contributed by atoms with van der Waals surface area (Å²) in [5, 5.41) is 18.6. The Bertz CT molecular complexity index is 505. The average Bonchev–Trinajstić information content (AvgIpc) is 2.67. The summed E-state index contributed by atoms with van der Waals surface area (Å²) in [5.41, 5.74) is 0.240. The highest BCUT2D eigenvalue weighted by atomic mass is 19.1. The third kappa shape index (κ3) is 2.90. The molecule has 0 radical (unpaired) electrons. The first kappa shape index (κ1) is 13.5. The number of carbonyl (C=O) groups is 2. The SMILES string of the molecule is O=C(O)[C@@H](Cc1ccccc1F)N1CC(O)CC1=O. The Balaban J connectivity index is 2.20. The molecule has 2 atom stereocenters. The van der Waals surface area contributed by atoms with Gasteiger partial charge in [-0.25, -0.2) is 9.18 Å². The van der Waals surface area contributed by atoms with E-state index in [-0.39, 0.29) is 24.9 Å². The van der Waals surface area contributed by atoms with Crippen LogP contribution in [0.15, 0.2) is 24.3 Å². The van der Waals surface area contributed by atoms with Gasteiger partial charge in [0.15, 0.2) is 0 Å². The van der Waals surface area contributed by atoms with Crippen molar-refractivity contribution in [3.8, 4) is 0 Å². The summed E-state index contributed by atoms with van der Waals surface area (Å²) in [6.07, 6.45) is -1.04. The quantitative estimate of drug-likeness (QED) is 0.828. The number of carboxylic acids is 1. The van der Waals surface area contributed by atoms with Gasteiger partial charge in [-0.15, -0.1) is 0 Å². The van der Waals surface area contributed by atoms with Crippen molar-refractivity contribution in [2.75, 3.05) is 6.54 Å². The second-order valence-electron chi connectivity index (χ2n) is 4.55. The third-order valence-corrected chi connectivity index (χ3v) is 3.17. The average molecular weight is 267 g/mol. The number of halogens is 1. The number of carbonyl (C=O) groups excluding carboxylic acids is 1. The minimum Gasteiger partial charge on any atom is -0.480 e. The van der Waals surface area contributed by atoms with Crippen LogP contribution in [-0.4, -0.2) is 45.7 Å². The van der Waals surface area contributed by atoms with Crippen LogP contribution in [0, 0.1) is 5.82 Å². The van der Waals surface area contributed by atoms with Gasteiger partial charge in [-0.3, -0.25) is 4.79 Å². The van der Waals surface area contributed by atoms with E-state index in [1.807, 2.05) is 0 Å². The first-order chi connectivity index (χ1) is 8.99. The Morgan fingerprint density at radius 2 is 2.16 bits per heavy atom. The summed E-state index contributed by atoms with van der Waals surface area (Å²) in [6, 6.07) is 4.70. The molecule has 0 spiro atoms. The van der Waals surface area contributed by atoms with E-state index in [0.717, 1.165) is 4.90 Å². The number of hydrogen-bond donors (Lipinski definition) is 2. The molecule has 1 fully saturated rings. The fraction of sp³-hybridized carbons (Fsp3) is 0.385. The Hall–Kier alpha value is -1.95. The lowest BCUT2D eigenvalue weighted by molar-refractivity contribution is -0.148. The molecule has 0 aromatic heterocycles. The number of carboxylic acid groups (broad SMARTS) is 1. The molecule has 6 heteroatoms. The van der Waals surface area contributed by atoms with Gasteiger partial charge >= 0.3 is 5.97 Å². The zero-order chi connectivity index (χ0) is 14.0. The van der Waals surface area contributed by atoms with Crippen molar-refractivity contribution >= 4 is 11.9 Å². The van der Waals surface area contributed by atoms with Crippen molar-refractivity contribution in [2.45, 2.75) is 25.0 Å². The van der Waals surface area contributed by atoms with E-state index in [1.54, 1.807) is 6.07 Å². The lowest BCUT2D eigenvalue weighted by Gasteiger charge is -2.24. The molecule has 1 aliphatic heterocycles. The highest BCUT2D eigenvalue weighted by Crippen LogP contribution is 2.19. The molecule has 2 N–H and O–H groups in total. The number of aliphatic hydroxyl groups excluding tert-OH is 1. The van der Waals surface area contributed by atoms with E-state index >= 15 is 0 Å². The lowest BCUT2D eigenvalue weighted by Crippen LogP contribution is -2.44. The van der Waals surface area contributed by atoms with Crippen LogP contribution in [0.3, 0.4) is 0 Å². The third-order valence-electron chi connectivity index (χ3n) is 3.17. The maximum absolute atomic E-state index is 13.5. The number of aliphatic hydroxyl groups is 1. The van der Waals surface area contributed by atoms with E-state index in [4.69, 9.17) is 0 Å². The molecule has 2 rings (SSSR count). The molecule has 1 aliphatic rings. The number of nitrogens with zero attached hydrogens (tertiary/aromatic N) is 1. The predicted octanol–water partition coefficient (Wildman–Crippen LogP) is 0.415. The highest BCUT2D eigenvalue weighted by molar-refractivity contribution is 5.85. The topological polar surface area (TPSA) is 77.8 Å². The summed E-state index contributed by atoms with van der Waals surface area (Å²) < 4.78 is 13.5. The van der Waals surface area contributed by atoms with Gasteiger partial charge < -0.3 is 15.1 Å². The summed E-state index contributed by atoms with van der Waals surface area (Å²) in [6.45, 7) is -0.0236. The number of likely N-dealkylation sites (tertiary alicyclic amines) is 1. The molecule has 1 unspecified atom stereocenters. The molecule has 0 saturated carbocycles. The van der Waals surface area contributed by atoms with Gasteiger partial charge in [0, 0.05) is 13.0 Å². The van der Waals surface area contributed by atoms with Crippen molar-refractivity contribution in [3.63, 3.8) is 0 Å². The van der Waals surface area contributed by atoms with Crippen molar-refractivity contribution in [3.05, 3.63) is 35.6 Å². The Kier molecular flexibility index (Phi) is 3.80. The summed E-state index contributed by atoms with van der Waals surface area (Å²) >= 11 is 0. The summed E-state index contributed by atoms with van der Waals surface area (Å²) in [4.78, 5) is 24.0. The Labute approximate surface area is 109 Å². The molecule has 1 amide bonds. The second kappa shape index (κ2) is 5.36. The van der Waals surface area contributed by atoms with Gasteiger partial charge in [0.05, 0.1) is 12.5 Å². The van der Waals surface area contributed by atoms with Crippen molar-refractivity contribution in [1.29, 1.82) is 0 Å². The van der Waals surface area contributed by atoms with E-state index in [2.05, 4.69) is 0 Å². The van der Waals surface area contributed by atoms with Crippen molar-refractivity contribution in [2.24, 2.45) is 0 Å². The van der Waals surface area contributed by atoms with Gasteiger partial charge in [-0.1, -0.05) is 18.2 Å². The van der Waals surface area contributed by atoms with Crippen LogP contribution in [-0.2, 0) is 16.0 Å². The number of amides is 1. The maximum atomic E-state index is 13.5. The number of hydrogen-bond acceptors (Lipinski definition) is 3. The lowest BCUT2D eigenvalue weighted by atomic mass is 10.0. The molecule has 0 bridgehead atoms. The smallest absolute Gasteiger partial charge is 0.326 e. The van der Waals surface area contributed by atoms with Gasteiger partial charge in [-0.2, -0.15) is 0 Å². The molecule has 102 valence electrons. The number of aliphatic carboxylic acids is 1. The molecule has 0 aliphatic carbocycles. The first-order valence-electron chi connectivity index (χ1n) is 5.92. The molecule has 5 nitrogen and oxygen atoms in total. The second-order valence-corrected chi connectivity index (χ2v) is 4.55. The van der Waals surface area contributed by atoms with Crippen LogP contribution < -0.4 is 0 Å². The van der Waals surface area contributed by atoms with Crippen LogP contribution in [0.1, 0.15) is 12.0 Å². The van der Waals surface area contributed by atoms with Crippen LogP contribution in [0.2, 0.25) is 0 Å². The molecule has 1 heterocycles. The minimum absolute atomic E-state index is 0.0236. The zero-order valence-electron chi connectivity index (χ0n) is 10.1. The van der Waals surface area contributed by atoms with Gasteiger partial charge in [0.1, 0.15) is 11.9 Å². The van der Waals surface area contributed by atoms with Crippen LogP contribution in [0.25, 0.3) is 0 Å². The van der Waals surface area contributed by atoms with Crippen molar-refractivity contribution in [1.82, 2.24) is 4.90 Å². The minimum atomic E-state index is -1.20. The highest BCUT2D eigenvalue weighted by Gasteiger charge is 2.37. The number of β-amino-alcohol motifs (C(OH)–C–C–N with tert-alkyl or cyclic N) is 1. The number of rotatable bonds is 4. The predicted molar refractivity (Wildman–Crippen MR) is 63.9 cm³/mol. The van der Waals surface area contributed by atoms with Gasteiger partial charge in [0.25, 0.3) is 0 Å². The fourth-order valence-corrected chi connectivity index (χ4v) is 2.22. The molecule has 1 aromatic rings. The first-order valence-corrected chi connectivity index (χ1v) is 5.92. The maximum Gasteiger partial charge on any atom is 0.326 e. The molecule has 1 saturated heterocycles. The van der Waals surface area contributed by atoms with E-state index in [0.29, 0.717) is 0 Å². The van der Waals surface area contributed by atoms with Gasteiger partial charge in [0.2, 0.25) is 5.91 Å².